The van der Waals surface area contributed by atoms with Crippen molar-refractivity contribution < 1.29 is 13.9 Å². The van der Waals surface area contributed by atoms with Gasteiger partial charge in [-0.2, -0.15) is 0 Å². The zero-order valence-electron chi connectivity index (χ0n) is 12.7. The second-order valence-corrected chi connectivity index (χ2v) is 6.03. The first kappa shape index (κ1) is 17.0. The molecule has 0 unspecified atom stereocenters. The number of carbonyl (C=O) groups is 1. The predicted molar refractivity (Wildman–Crippen MR) is 86.1 cm³/mol. The van der Waals surface area contributed by atoms with Crippen LogP contribution in [0.5, 0.6) is 5.75 Å². The minimum Gasteiger partial charge on any atom is -0.494 e. The van der Waals surface area contributed by atoms with Crippen molar-refractivity contribution in [1.82, 2.24) is 5.32 Å². The predicted octanol–water partition coefficient (Wildman–Crippen LogP) is 2.97. The van der Waals surface area contributed by atoms with Crippen LogP contribution in [0.3, 0.4) is 0 Å². The maximum atomic E-state index is 13.7. The molecule has 6 heteroatoms. The Balaban J connectivity index is 0.00000176. The molecule has 0 aromatic heterocycles. The summed E-state index contributed by atoms with van der Waals surface area (Å²) in [6, 6.07) is 4.53. The summed E-state index contributed by atoms with van der Waals surface area (Å²) >= 11 is 0. The van der Waals surface area contributed by atoms with Crippen LogP contribution >= 0.6 is 12.4 Å². The van der Waals surface area contributed by atoms with Gasteiger partial charge in [0.15, 0.2) is 11.6 Å². The van der Waals surface area contributed by atoms with Gasteiger partial charge in [-0.1, -0.05) is 12.8 Å². The normalized spacial score (nSPS) is 26.7. The molecule has 2 fully saturated rings. The SMILES string of the molecule is COc1ccc(NC(=O)[C@@]23CCCC[C@H]2CNC3)cc1F.Cl. The summed E-state index contributed by atoms with van der Waals surface area (Å²) in [6.45, 7) is 1.63. The number of hydrogen-bond donors (Lipinski definition) is 2. The molecule has 4 nitrogen and oxygen atoms in total. The Morgan fingerprint density at radius 2 is 2.27 bits per heavy atom. The first-order valence-corrected chi connectivity index (χ1v) is 7.51. The summed E-state index contributed by atoms with van der Waals surface area (Å²) in [7, 11) is 1.42. The average molecular weight is 329 g/mol. The zero-order chi connectivity index (χ0) is 14.9. The lowest BCUT2D eigenvalue weighted by molar-refractivity contribution is -0.128. The van der Waals surface area contributed by atoms with E-state index >= 15 is 0 Å². The quantitative estimate of drug-likeness (QED) is 0.897. The Morgan fingerprint density at radius 1 is 1.45 bits per heavy atom. The van der Waals surface area contributed by atoms with Crippen molar-refractivity contribution in [1.29, 1.82) is 0 Å². The molecule has 3 rings (SSSR count). The van der Waals surface area contributed by atoms with Crippen LogP contribution in [0.4, 0.5) is 10.1 Å². The van der Waals surface area contributed by atoms with E-state index in [0.29, 0.717) is 11.6 Å². The van der Waals surface area contributed by atoms with E-state index in [1.165, 1.54) is 25.7 Å². The molecular formula is C16H22ClFN2O2. The largest absolute Gasteiger partial charge is 0.494 e. The Bertz CT molecular complexity index is 555. The summed E-state index contributed by atoms with van der Waals surface area (Å²) in [4.78, 5) is 12.7. The lowest BCUT2D eigenvalue weighted by atomic mass is 9.67. The summed E-state index contributed by atoms with van der Waals surface area (Å²) in [5, 5.41) is 6.24. The van der Waals surface area contributed by atoms with Gasteiger partial charge < -0.3 is 15.4 Å². The third kappa shape index (κ3) is 2.92. The summed E-state index contributed by atoms with van der Waals surface area (Å²) in [6.07, 6.45) is 4.29. The van der Waals surface area contributed by atoms with Gasteiger partial charge in [0, 0.05) is 18.3 Å². The molecule has 1 aliphatic heterocycles. The molecule has 0 spiro atoms. The first-order chi connectivity index (χ1) is 10.2. The Hall–Kier alpha value is -1.33. The van der Waals surface area contributed by atoms with Crippen LogP contribution in [-0.2, 0) is 4.79 Å². The molecule has 0 bridgehead atoms. The maximum absolute atomic E-state index is 13.7. The van der Waals surface area contributed by atoms with Gasteiger partial charge in [0.2, 0.25) is 5.91 Å². The molecular weight excluding hydrogens is 307 g/mol. The van der Waals surface area contributed by atoms with E-state index in [4.69, 9.17) is 4.74 Å². The van der Waals surface area contributed by atoms with E-state index in [1.54, 1.807) is 6.07 Å². The van der Waals surface area contributed by atoms with E-state index in [1.807, 2.05) is 0 Å². The molecule has 1 amide bonds. The molecule has 2 atom stereocenters. The summed E-state index contributed by atoms with van der Waals surface area (Å²) in [5.41, 5.74) is 0.165. The van der Waals surface area contributed by atoms with Crippen molar-refractivity contribution in [2.24, 2.45) is 11.3 Å². The fourth-order valence-corrected chi connectivity index (χ4v) is 3.69. The average Bonchev–Trinajstić information content (AvgIpc) is 2.92. The number of anilines is 1. The van der Waals surface area contributed by atoms with E-state index in [0.717, 1.165) is 32.4 Å². The fraction of sp³-hybridized carbons (Fsp3) is 0.562. The van der Waals surface area contributed by atoms with Crippen molar-refractivity contribution in [3.63, 3.8) is 0 Å². The number of carbonyl (C=O) groups excluding carboxylic acids is 1. The van der Waals surface area contributed by atoms with Crippen LogP contribution in [-0.4, -0.2) is 26.1 Å². The van der Waals surface area contributed by atoms with Gasteiger partial charge in [0.1, 0.15) is 0 Å². The van der Waals surface area contributed by atoms with E-state index in [9.17, 15) is 9.18 Å². The van der Waals surface area contributed by atoms with E-state index < -0.39 is 5.82 Å². The minimum atomic E-state index is -0.461. The highest BCUT2D eigenvalue weighted by atomic mass is 35.5. The number of halogens is 2. The maximum Gasteiger partial charge on any atom is 0.232 e. The lowest BCUT2D eigenvalue weighted by Crippen LogP contribution is -2.44. The summed E-state index contributed by atoms with van der Waals surface area (Å²) < 4.78 is 18.6. The molecule has 1 aromatic carbocycles. The number of fused-ring (bicyclic) bond motifs is 1. The van der Waals surface area contributed by atoms with Gasteiger partial charge in [-0.25, -0.2) is 4.39 Å². The number of methoxy groups -OCH3 is 1. The van der Waals surface area contributed by atoms with Gasteiger partial charge >= 0.3 is 0 Å². The Morgan fingerprint density at radius 3 is 3.00 bits per heavy atom. The highest BCUT2D eigenvalue weighted by molar-refractivity contribution is 5.96. The Labute approximate surface area is 136 Å². The van der Waals surface area contributed by atoms with Crippen molar-refractivity contribution in [2.75, 3.05) is 25.5 Å². The van der Waals surface area contributed by atoms with Crippen molar-refractivity contribution >= 4 is 24.0 Å². The third-order valence-corrected chi connectivity index (χ3v) is 4.90. The van der Waals surface area contributed by atoms with E-state index in [-0.39, 0.29) is 29.5 Å². The number of benzene rings is 1. The first-order valence-electron chi connectivity index (χ1n) is 7.51. The van der Waals surface area contributed by atoms with Gasteiger partial charge in [0.25, 0.3) is 0 Å². The number of rotatable bonds is 3. The lowest BCUT2D eigenvalue weighted by Gasteiger charge is -2.37. The smallest absolute Gasteiger partial charge is 0.232 e. The summed E-state index contributed by atoms with van der Waals surface area (Å²) in [5.74, 6) is 0.137. The second-order valence-electron chi connectivity index (χ2n) is 6.03. The second kappa shape index (κ2) is 6.84. The van der Waals surface area contributed by atoms with Crippen LogP contribution in [0.25, 0.3) is 0 Å². The molecule has 1 aromatic rings. The monoisotopic (exact) mass is 328 g/mol. The van der Waals surface area contributed by atoms with Gasteiger partial charge in [-0.3, -0.25) is 4.79 Å². The standard InChI is InChI=1S/C16H21FN2O2.ClH/c1-21-14-6-5-12(8-13(14)17)19-15(20)16-7-3-2-4-11(16)9-18-10-16;/h5-6,8,11,18H,2-4,7,9-10H2,1H3,(H,19,20);1H/t11-,16+;/m0./s1. The third-order valence-electron chi connectivity index (χ3n) is 4.90. The highest BCUT2D eigenvalue weighted by Gasteiger charge is 2.49. The molecule has 1 saturated carbocycles. The fourth-order valence-electron chi connectivity index (χ4n) is 3.69. The van der Waals surface area contributed by atoms with Crippen molar-refractivity contribution in [3.05, 3.63) is 24.0 Å². The molecule has 1 aliphatic carbocycles. The zero-order valence-corrected chi connectivity index (χ0v) is 13.5. The molecule has 1 heterocycles. The molecule has 2 N–H and O–H groups in total. The van der Waals surface area contributed by atoms with Crippen molar-refractivity contribution in [3.8, 4) is 5.75 Å². The van der Waals surface area contributed by atoms with Crippen LogP contribution in [0.2, 0.25) is 0 Å². The van der Waals surface area contributed by atoms with Gasteiger partial charge in [0.05, 0.1) is 12.5 Å². The molecule has 22 heavy (non-hydrogen) atoms. The molecule has 0 radical (unpaired) electrons. The number of ether oxygens (including phenoxy) is 1. The van der Waals surface area contributed by atoms with Crippen LogP contribution in [0, 0.1) is 17.2 Å². The number of amides is 1. The number of nitrogens with one attached hydrogen (secondary N) is 2. The van der Waals surface area contributed by atoms with Gasteiger partial charge in [-0.15, -0.1) is 12.4 Å². The van der Waals surface area contributed by atoms with E-state index in [2.05, 4.69) is 10.6 Å². The number of hydrogen-bond acceptors (Lipinski definition) is 3. The van der Waals surface area contributed by atoms with Crippen LogP contribution in [0.1, 0.15) is 25.7 Å². The van der Waals surface area contributed by atoms with Gasteiger partial charge in [-0.05, 0) is 37.4 Å². The van der Waals surface area contributed by atoms with Crippen LogP contribution in [0.15, 0.2) is 18.2 Å². The minimum absolute atomic E-state index is 0. The molecule has 122 valence electrons. The van der Waals surface area contributed by atoms with Crippen molar-refractivity contribution in [2.45, 2.75) is 25.7 Å². The van der Waals surface area contributed by atoms with Crippen LogP contribution < -0.4 is 15.4 Å². The molecule has 1 saturated heterocycles. The Kier molecular flexibility index (Phi) is 5.29. The highest BCUT2D eigenvalue weighted by Crippen LogP contribution is 2.44. The topological polar surface area (TPSA) is 50.4 Å². The molecule has 2 aliphatic rings.